The molecule has 0 saturated carbocycles. The van der Waals surface area contributed by atoms with Crippen molar-refractivity contribution < 1.29 is 0 Å². The molecule has 0 aliphatic carbocycles. The van der Waals surface area contributed by atoms with Gasteiger partial charge in [-0.1, -0.05) is 30.3 Å². The topological polar surface area (TPSA) is 35.5 Å². The summed E-state index contributed by atoms with van der Waals surface area (Å²) >= 11 is 6.27. The molecule has 1 aliphatic rings. The fourth-order valence-corrected chi connectivity index (χ4v) is 3.10. The molecule has 0 N–H and O–H groups in total. The van der Waals surface area contributed by atoms with E-state index in [9.17, 15) is 0 Å². The van der Waals surface area contributed by atoms with E-state index in [1.54, 1.807) is 0 Å². The summed E-state index contributed by atoms with van der Waals surface area (Å²) in [4.78, 5) is 13.5. The summed E-state index contributed by atoms with van der Waals surface area (Å²) in [6.45, 7) is 2.44. The number of hydrogen-bond donors (Lipinski definition) is 0. The first-order valence-corrected chi connectivity index (χ1v) is 8.19. The van der Waals surface area contributed by atoms with Crippen LogP contribution in [0.2, 0.25) is 0 Å². The van der Waals surface area contributed by atoms with Crippen molar-refractivity contribution in [1.82, 2.24) is 14.4 Å². The van der Waals surface area contributed by atoms with Gasteiger partial charge in [-0.3, -0.25) is 0 Å². The summed E-state index contributed by atoms with van der Waals surface area (Å²) in [5.74, 6) is 1.70. The molecule has 2 aromatic rings. The number of piperazine rings is 1. The Morgan fingerprint density at radius 1 is 1.17 bits per heavy atom. The molecule has 0 spiro atoms. The zero-order chi connectivity index (χ0) is 16.2. The van der Waals surface area contributed by atoms with Gasteiger partial charge in [0.2, 0.25) is 5.95 Å². The number of hydrogen-bond acceptors (Lipinski definition) is 5. The zero-order valence-corrected chi connectivity index (χ0v) is 14.3. The molecule has 1 saturated heterocycles. The Morgan fingerprint density at radius 3 is 2.70 bits per heavy atom. The van der Waals surface area contributed by atoms with Gasteiger partial charge in [0.15, 0.2) is 0 Å². The molecule has 1 fully saturated rings. The molecule has 0 radical (unpaired) electrons. The van der Waals surface area contributed by atoms with E-state index < -0.39 is 0 Å². The molecule has 0 bridgehead atoms. The second-order valence-corrected chi connectivity index (χ2v) is 6.49. The SMILES string of the molecule is CN(C)c1ccnc(N2CCN(Cl)CC2Cc2ccccc2)n1. The number of benzene rings is 1. The molecule has 122 valence electrons. The van der Waals surface area contributed by atoms with Crippen molar-refractivity contribution in [3.63, 3.8) is 0 Å². The van der Waals surface area contributed by atoms with Gasteiger partial charge in [0, 0.05) is 46.0 Å². The lowest BCUT2D eigenvalue weighted by molar-refractivity contribution is 0.345. The van der Waals surface area contributed by atoms with Crippen molar-refractivity contribution in [3.8, 4) is 0 Å². The highest BCUT2D eigenvalue weighted by molar-refractivity contribution is 6.13. The maximum Gasteiger partial charge on any atom is 0.227 e. The first-order valence-electron chi connectivity index (χ1n) is 7.85. The normalized spacial score (nSPS) is 18.9. The highest BCUT2D eigenvalue weighted by atomic mass is 35.5. The molecule has 6 heteroatoms. The van der Waals surface area contributed by atoms with Crippen molar-refractivity contribution in [2.75, 3.05) is 43.5 Å². The van der Waals surface area contributed by atoms with E-state index in [0.717, 1.165) is 37.8 Å². The minimum atomic E-state index is 0.265. The number of nitrogens with zero attached hydrogens (tertiary/aromatic N) is 5. The predicted octanol–water partition coefficient (Wildman–Crippen LogP) is 2.43. The van der Waals surface area contributed by atoms with Crippen LogP contribution in [0.3, 0.4) is 0 Å². The summed E-state index contributed by atoms with van der Waals surface area (Å²) < 4.78 is 1.86. The van der Waals surface area contributed by atoms with E-state index in [0.29, 0.717) is 0 Å². The smallest absolute Gasteiger partial charge is 0.227 e. The summed E-state index contributed by atoms with van der Waals surface area (Å²) in [6, 6.07) is 12.7. The van der Waals surface area contributed by atoms with Gasteiger partial charge in [0.25, 0.3) is 0 Å². The number of halogens is 1. The van der Waals surface area contributed by atoms with E-state index in [1.807, 2.05) is 41.7 Å². The maximum atomic E-state index is 6.27. The molecule has 0 amide bonds. The number of anilines is 2. The van der Waals surface area contributed by atoms with Gasteiger partial charge in [0.05, 0.1) is 0 Å². The molecule has 1 aliphatic heterocycles. The van der Waals surface area contributed by atoms with Crippen LogP contribution in [0.15, 0.2) is 42.6 Å². The first-order chi connectivity index (χ1) is 11.1. The third kappa shape index (κ3) is 3.92. The average Bonchev–Trinajstić information content (AvgIpc) is 2.56. The van der Waals surface area contributed by atoms with Crippen LogP contribution in [0.25, 0.3) is 0 Å². The van der Waals surface area contributed by atoms with Gasteiger partial charge in [0.1, 0.15) is 5.82 Å². The first kappa shape index (κ1) is 16.0. The van der Waals surface area contributed by atoms with Crippen LogP contribution in [-0.4, -0.2) is 54.2 Å². The van der Waals surface area contributed by atoms with E-state index >= 15 is 0 Å². The van der Waals surface area contributed by atoms with Gasteiger partial charge in [-0.25, -0.2) is 9.40 Å². The molecular weight excluding hydrogens is 310 g/mol. The van der Waals surface area contributed by atoms with Gasteiger partial charge >= 0.3 is 0 Å². The van der Waals surface area contributed by atoms with E-state index in [2.05, 4.69) is 34.1 Å². The Morgan fingerprint density at radius 2 is 1.96 bits per heavy atom. The Labute approximate surface area is 142 Å². The van der Waals surface area contributed by atoms with Crippen molar-refractivity contribution in [3.05, 3.63) is 48.2 Å². The van der Waals surface area contributed by atoms with Gasteiger partial charge < -0.3 is 9.80 Å². The van der Waals surface area contributed by atoms with Crippen LogP contribution in [0.4, 0.5) is 11.8 Å². The second-order valence-electron chi connectivity index (χ2n) is 6.02. The molecule has 3 rings (SSSR count). The van der Waals surface area contributed by atoms with E-state index in [4.69, 9.17) is 16.8 Å². The lowest BCUT2D eigenvalue weighted by Crippen LogP contribution is -2.52. The molecule has 5 nitrogen and oxygen atoms in total. The lowest BCUT2D eigenvalue weighted by atomic mass is 10.0. The summed E-state index contributed by atoms with van der Waals surface area (Å²) in [6.07, 6.45) is 2.75. The lowest BCUT2D eigenvalue weighted by Gasteiger charge is -2.39. The molecular formula is C17H22ClN5. The Balaban J connectivity index is 1.84. The molecule has 1 atom stereocenters. The average molecular weight is 332 g/mol. The quantitative estimate of drug-likeness (QED) is 0.804. The Bertz CT molecular complexity index is 634. The third-order valence-corrected chi connectivity index (χ3v) is 4.40. The summed E-state index contributed by atoms with van der Waals surface area (Å²) in [5, 5.41) is 0. The predicted molar refractivity (Wildman–Crippen MR) is 95.1 cm³/mol. The third-order valence-electron chi connectivity index (χ3n) is 4.09. The van der Waals surface area contributed by atoms with Gasteiger partial charge in [-0.15, -0.1) is 0 Å². The van der Waals surface area contributed by atoms with Crippen molar-refractivity contribution >= 4 is 23.5 Å². The molecule has 1 unspecified atom stereocenters. The largest absolute Gasteiger partial charge is 0.363 e. The van der Waals surface area contributed by atoms with Crippen LogP contribution < -0.4 is 9.80 Å². The van der Waals surface area contributed by atoms with E-state index in [1.165, 1.54) is 5.56 Å². The Kier molecular flexibility index (Phi) is 4.98. The minimum Gasteiger partial charge on any atom is -0.363 e. The van der Waals surface area contributed by atoms with Gasteiger partial charge in [-0.05, 0) is 29.8 Å². The number of rotatable bonds is 4. The number of aromatic nitrogens is 2. The fourth-order valence-electron chi connectivity index (χ4n) is 2.87. The van der Waals surface area contributed by atoms with Crippen LogP contribution in [0, 0.1) is 0 Å². The highest BCUT2D eigenvalue weighted by Crippen LogP contribution is 2.22. The molecule has 1 aromatic heterocycles. The van der Waals surface area contributed by atoms with Crippen molar-refractivity contribution in [1.29, 1.82) is 0 Å². The molecule has 2 heterocycles. The van der Waals surface area contributed by atoms with E-state index in [-0.39, 0.29) is 6.04 Å². The van der Waals surface area contributed by atoms with Crippen molar-refractivity contribution in [2.45, 2.75) is 12.5 Å². The molecule has 1 aromatic carbocycles. The maximum absolute atomic E-state index is 6.27. The monoisotopic (exact) mass is 331 g/mol. The van der Waals surface area contributed by atoms with Gasteiger partial charge in [-0.2, -0.15) is 4.98 Å². The van der Waals surface area contributed by atoms with Crippen molar-refractivity contribution in [2.24, 2.45) is 0 Å². The fraction of sp³-hybridized carbons (Fsp3) is 0.412. The highest BCUT2D eigenvalue weighted by Gasteiger charge is 2.28. The summed E-state index contributed by atoms with van der Waals surface area (Å²) in [7, 11) is 3.98. The van der Waals surface area contributed by atoms with Crippen LogP contribution in [-0.2, 0) is 6.42 Å². The minimum absolute atomic E-state index is 0.265. The van der Waals surface area contributed by atoms with Crippen LogP contribution >= 0.6 is 11.8 Å². The Hall–Kier alpha value is -1.85. The zero-order valence-electron chi connectivity index (χ0n) is 13.6. The second kappa shape index (κ2) is 7.15. The summed E-state index contributed by atoms with van der Waals surface area (Å²) in [5.41, 5.74) is 1.30. The van der Waals surface area contributed by atoms with Crippen LogP contribution in [0.5, 0.6) is 0 Å². The standard InChI is InChI=1S/C17H22ClN5/c1-21(2)16-8-9-19-17(20-16)23-11-10-22(18)13-15(23)12-14-6-4-3-5-7-14/h3-9,15H,10-13H2,1-2H3. The molecule has 23 heavy (non-hydrogen) atoms. The van der Waals surface area contributed by atoms with Crippen LogP contribution in [0.1, 0.15) is 5.56 Å².